The van der Waals surface area contributed by atoms with E-state index in [0.717, 1.165) is 0 Å². The smallest absolute Gasteiger partial charge is 0.328 e. The first-order valence-corrected chi connectivity index (χ1v) is 9.59. The van der Waals surface area contributed by atoms with E-state index >= 15 is 0 Å². The molecule has 0 spiro atoms. The highest BCUT2D eigenvalue weighted by Crippen LogP contribution is 2.30. The molecule has 1 aliphatic rings. The standard InChI is InChI=1S/C20H30N2O6/c1-11(2)18(13(4)27-10-14-6-7-14)28-20(25)12(3)22-19(24)16-17(23)15(26-5)8-9-21-16/h8-9,11-14,18,23H,6-7,10H2,1-5H3,(H,22,24)/t12-,13-,18+/m0/s1. The number of pyridine rings is 1. The van der Waals surface area contributed by atoms with Crippen LogP contribution in [-0.4, -0.2) is 53.9 Å². The minimum atomic E-state index is -0.920. The highest BCUT2D eigenvalue weighted by atomic mass is 16.6. The molecule has 1 saturated carbocycles. The molecule has 28 heavy (non-hydrogen) atoms. The number of aromatic hydroxyl groups is 1. The molecule has 2 rings (SSSR count). The van der Waals surface area contributed by atoms with Crippen molar-refractivity contribution in [3.63, 3.8) is 0 Å². The van der Waals surface area contributed by atoms with E-state index in [-0.39, 0.29) is 29.2 Å². The quantitative estimate of drug-likeness (QED) is 0.586. The van der Waals surface area contributed by atoms with Gasteiger partial charge in [0.05, 0.1) is 13.2 Å². The molecule has 3 atom stereocenters. The lowest BCUT2D eigenvalue weighted by Gasteiger charge is -2.28. The Morgan fingerprint density at radius 3 is 2.54 bits per heavy atom. The average Bonchev–Trinajstić information content (AvgIpc) is 3.48. The van der Waals surface area contributed by atoms with Crippen LogP contribution in [0.1, 0.15) is 51.0 Å². The molecule has 1 amide bonds. The van der Waals surface area contributed by atoms with Crippen LogP contribution in [0.5, 0.6) is 11.5 Å². The van der Waals surface area contributed by atoms with Gasteiger partial charge in [0.2, 0.25) is 0 Å². The van der Waals surface area contributed by atoms with Gasteiger partial charge in [0.1, 0.15) is 12.1 Å². The van der Waals surface area contributed by atoms with Crippen molar-refractivity contribution in [3.05, 3.63) is 18.0 Å². The number of nitrogens with one attached hydrogen (secondary N) is 1. The third-order valence-electron chi connectivity index (χ3n) is 4.69. The van der Waals surface area contributed by atoms with Crippen molar-refractivity contribution in [1.82, 2.24) is 10.3 Å². The van der Waals surface area contributed by atoms with Crippen molar-refractivity contribution >= 4 is 11.9 Å². The van der Waals surface area contributed by atoms with E-state index in [1.54, 1.807) is 0 Å². The normalized spacial score (nSPS) is 16.9. The van der Waals surface area contributed by atoms with Gasteiger partial charge in [-0.2, -0.15) is 0 Å². The fourth-order valence-electron chi connectivity index (χ4n) is 2.77. The van der Waals surface area contributed by atoms with E-state index in [1.807, 2.05) is 20.8 Å². The molecule has 0 radical (unpaired) electrons. The van der Waals surface area contributed by atoms with Crippen LogP contribution in [0.25, 0.3) is 0 Å². The Hall–Kier alpha value is -2.35. The van der Waals surface area contributed by atoms with Gasteiger partial charge in [-0.3, -0.25) is 4.79 Å². The van der Waals surface area contributed by atoms with Crippen LogP contribution < -0.4 is 10.1 Å². The largest absolute Gasteiger partial charge is 0.503 e. The fourth-order valence-corrected chi connectivity index (χ4v) is 2.77. The zero-order valence-electron chi connectivity index (χ0n) is 17.1. The van der Waals surface area contributed by atoms with Crippen molar-refractivity contribution in [2.24, 2.45) is 11.8 Å². The third kappa shape index (κ3) is 5.82. The molecule has 1 aliphatic carbocycles. The van der Waals surface area contributed by atoms with Crippen molar-refractivity contribution in [1.29, 1.82) is 0 Å². The highest BCUT2D eigenvalue weighted by molar-refractivity contribution is 5.97. The Labute approximate surface area is 165 Å². The van der Waals surface area contributed by atoms with Gasteiger partial charge in [0.25, 0.3) is 5.91 Å². The lowest BCUT2D eigenvalue weighted by Crippen LogP contribution is -2.44. The number of methoxy groups -OCH3 is 1. The molecule has 1 fully saturated rings. The number of carbonyl (C=O) groups is 2. The Kier molecular flexibility index (Phi) is 7.62. The second-order valence-corrected chi connectivity index (χ2v) is 7.53. The summed E-state index contributed by atoms with van der Waals surface area (Å²) in [6, 6.07) is 0.511. The number of esters is 1. The van der Waals surface area contributed by atoms with Gasteiger partial charge in [-0.05, 0) is 38.5 Å². The number of nitrogens with zero attached hydrogens (tertiary/aromatic N) is 1. The van der Waals surface area contributed by atoms with Gasteiger partial charge in [0, 0.05) is 18.9 Å². The number of hydrogen-bond acceptors (Lipinski definition) is 7. The first-order chi connectivity index (χ1) is 13.2. The highest BCUT2D eigenvalue weighted by Gasteiger charge is 2.31. The summed E-state index contributed by atoms with van der Waals surface area (Å²) in [6.07, 6.45) is 3.05. The van der Waals surface area contributed by atoms with Crippen LogP contribution in [0.4, 0.5) is 0 Å². The summed E-state index contributed by atoms with van der Waals surface area (Å²) < 4.78 is 16.4. The van der Waals surface area contributed by atoms with Crippen LogP contribution in [0.3, 0.4) is 0 Å². The molecule has 2 N–H and O–H groups in total. The molecule has 0 unspecified atom stereocenters. The summed E-state index contributed by atoms with van der Waals surface area (Å²) in [5.74, 6) is -0.851. The molecule has 0 bridgehead atoms. The summed E-state index contributed by atoms with van der Waals surface area (Å²) in [7, 11) is 1.37. The van der Waals surface area contributed by atoms with E-state index in [2.05, 4.69) is 10.3 Å². The average molecular weight is 394 g/mol. The van der Waals surface area contributed by atoms with Crippen molar-refractivity contribution in [3.8, 4) is 11.5 Å². The van der Waals surface area contributed by atoms with Gasteiger partial charge < -0.3 is 24.6 Å². The molecule has 8 nitrogen and oxygen atoms in total. The Morgan fingerprint density at radius 1 is 1.29 bits per heavy atom. The van der Waals surface area contributed by atoms with Crippen LogP contribution in [0.2, 0.25) is 0 Å². The maximum Gasteiger partial charge on any atom is 0.328 e. The summed E-state index contributed by atoms with van der Waals surface area (Å²) in [6.45, 7) is 7.99. The van der Waals surface area contributed by atoms with Crippen LogP contribution >= 0.6 is 0 Å². The molecule has 0 aromatic carbocycles. The molecule has 1 heterocycles. The number of rotatable bonds is 10. The zero-order valence-corrected chi connectivity index (χ0v) is 17.1. The van der Waals surface area contributed by atoms with E-state index in [1.165, 1.54) is 39.1 Å². The third-order valence-corrected chi connectivity index (χ3v) is 4.69. The minimum Gasteiger partial charge on any atom is -0.503 e. The lowest BCUT2D eigenvalue weighted by atomic mass is 10.0. The molecular formula is C20H30N2O6. The molecule has 0 aliphatic heterocycles. The second kappa shape index (κ2) is 9.73. The Bertz CT molecular complexity index is 689. The summed E-state index contributed by atoms with van der Waals surface area (Å²) >= 11 is 0. The minimum absolute atomic E-state index is 0.0603. The number of carbonyl (C=O) groups excluding carboxylic acids is 2. The van der Waals surface area contributed by atoms with Crippen LogP contribution in [-0.2, 0) is 14.3 Å². The van der Waals surface area contributed by atoms with Gasteiger partial charge in [-0.15, -0.1) is 0 Å². The maximum absolute atomic E-state index is 12.5. The molecular weight excluding hydrogens is 364 g/mol. The number of amides is 1. The predicted octanol–water partition coefficient (Wildman–Crippen LogP) is 2.30. The van der Waals surface area contributed by atoms with E-state index in [4.69, 9.17) is 14.2 Å². The molecule has 1 aromatic rings. The molecule has 156 valence electrons. The van der Waals surface area contributed by atoms with Crippen molar-refractivity contribution in [2.75, 3.05) is 13.7 Å². The topological polar surface area (TPSA) is 107 Å². The van der Waals surface area contributed by atoms with Crippen LogP contribution in [0.15, 0.2) is 12.3 Å². The zero-order chi connectivity index (χ0) is 20.8. The first kappa shape index (κ1) is 21.9. The van der Waals surface area contributed by atoms with Gasteiger partial charge in [0.15, 0.2) is 17.2 Å². The van der Waals surface area contributed by atoms with E-state index < -0.39 is 24.0 Å². The van der Waals surface area contributed by atoms with Crippen LogP contribution in [0, 0.1) is 11.8 Å². The van der Waals surface area contributed by atoms with Gasteiger partial charge in [-0.1, -0.05) is 13.8 Å². The van der Waals surface area contributed by atoms with Gasteiger partial charge in [-0.25, -0.2) is 9.78 Å². The van der Waals surface area contributed by atoms with E-state index in [0.29, 0.717) is 12.5 Å². The summed E-state index contributed by atoms with van der Waals surface area (Å²) in [5.41, 5.74) is -0.222. The van der Waals surface area contributed by atoms with E-state index in [9.17, 15) is 14.7 Å². The lowest BCUT2D eigenvalue weighted by molar-refractivity contribution is -0.162. The first-order valence-electron chi connectivity index (χ1n) is 9.59. The molecule has 1 aromatic heterocycles. The Balaban J connectivity index is 1.95. The fraction of sp³-hybridized carbons (Fsp3) is 0.650. The number of ether oxygens (including phenoxy) is 3. The van der Waals surface area contributed by atoms with Crippen molar-refractivity contribution in [2.45, 2.75) is 58.8 Å². The maximum atomic E-state index is 12.5. The molecule has 0 saturated heterocycles. The molecule has 8 heteroatoms. The van der Waals surface area contributed by atoms with Crippen molar-refractivity contribution < 1.29 is 28.9 Å². The summed E-state index contributed by atoms with van der Waals surface area (Å²) in [4.78, 5) is 28.7. The number of hydrogen-bond donors (Lipinski definition) is 2. The SMILES string of the molecule is COc1ccnc(C(=O)N[C@@H](C)C(=O)O[C@H](C(C)C)[C@H](C)OCC2CC2)c1O. The predicted molar refractivity (Wildman–Crippen MR) is 102 cm³/mol. The number of aromatic nitrogens is 1. The monoisotopic (exact) mass is 394 g/mol. The summed E-state index contributed by atoms with van der Waals surface area (Å²) in [5, 5.41) is 12.5. The Morgan fingerprint density at radius 2 is 1.96 bits per heavy atom. The second-order valence-electron chi connectivity index (χ2n) is 7.53. The van der Waals surface area contributed by atoms with Gasteiger partial charge >= 0.3 is 5.97 Å².